The van der Waals surface area contributed by atoms with Crippen LogP contribution in [0.25, 0.3) is 0 Å². The molecule has 1 aromatic rings. The first-order chi connectivity index (χ1) is 7.95. The van der Waals surface area contributed by atoms with Crippen molar-refractivity contribution >= 4 is 5.91 Å². The first kappa shape index (κ1) is 13.7. The smallest absolute Gasteiger partial charge is 0.223 e. The predicted octanol–water partition coefficient (Wildman–Crippen LogP) is 0.950. The van der Waals surface area contributed by atoms with Crippen molar-refractivity contribution < 1.29 is 4.79 Å². The maximum atomic E-state index is 11.5. The van der Waals surface area contributed by atoms with Crippen LogP contribution in [0.5, 0.6) is 0 Å². The van der Waals surface area contributed by atoms with Gasteiger partial charge in [-0.25, -0.2) is 4.98 Å². The molecule has 0 spiro atoms. The summed E-state index contributed by atoms with van der Waals surface area (Å²) in [6.45, 7) is 4.72. The van der Waals surface area contributed by atoms with E-state index in [1.165, 1.54) is 0 Å². The van der Waals surface area contributed by atoms with E-state index in [1.807, 2.05) is 24.7 Å². The number of nitrogens with zero attached hydrogens (tertiary/aromatic N) is 3. The molecule has 1 aromatic heterocycles. The molecule has 0 aliphatic rings. The van der Waals surface area contributed by atoms with E-state index in [4.69, 9.17) is 0 Å². The zero-order valence-electron chi connectivity index (χ0n) is 11.3. The van der Waals surface area contributed by atoms with E-state index in [0.717, 1.165) is 11.5 Å². The monoisotopic (exact) mass is 238 g/mol. The van der Waals surface area contributed by atoms with Crippen molar-refractivity contribution in [3.05, 3.63) is 17.7 Å². The molecule has 17 heavy (non-hydrogen) atoms. The zero-order chi connectivity index (χ0) is 13.0. The van der Waals surface area contributed by atoms with Crippen molar-refractivity contribution in [2.75, 3.05) is 21.1 Å². The molecule has 5 nitrogen and oxygen atoms in total. The van der Waals surface area contributed by atoms with Crippen LogP contribution in [-0.4, -0.2) is 41.5 Å². The number of rotatable bonds is 5. The summed E-state index contributed by atoms with van der Waals surface area (Å²) in [5.74, 6) is 1.09. The second-order valence-electron chi connectivity index (χ2n) is 4.45. The van der Waals surface area contributed by atoms with Crippen molar-refractivity contribution in [2.45, 2.75) is 32.9 Å². The Kier molecular flexibility index (Phi) is 4.69. The summed E-state index contributed by atoms with van der Waals surface area (Å²) >= 11 is 0. The summed E-state index contributed by atoms with van der Waals surface area (Å²) in [7, 11) is 5.46. The minimum Gasteiger partial charge on any atom is -0.349 e. The second kappa shape index (κ2) is 5.82. The number of amides is 1. The summed E-state index contributed by atoms with van der Waals surface area (Å²) in [6, 6.07) is 0.236. The Morgan fingerprint density at radius 1 is 1.59 bits per heavy atom. The number of carbonyl (C=O) groups excluding carboxylic acids is 1. The fraction of sp³-hybridized carbons (Fsp3) is 0.667. The van der Waals surface area contributed by atoms with Crippen molar-refractivity contribution in [1.82, 2.24) is 19.8 Å². The van der Waals surface area contributed by atoms with E-state index in [2.05, 4.69) is 17.2 Å². The fourth-order valence-corrected chi connectivity index (χ4v) is 1.56. The molecule has 1 atom stereocenters. The lowest BCUT2D eigenvalue weighted by Gasteiger charge is -2.10. The third-order valence-corrected chi connectivity index (χ3v) is 2.94. The molecule has 5 heteroatoms. The molecule has 1 N–H and O–H groups in total. The van der Waals surface area contributed by atoms with Crippen LogP contribution in [0.4, 0.5) is 0 Å². The molecule has 1 rings (SSSR count). The first-order valence-corrected chi connectivity index (χ1v) is 5.86. The Morgan fingerprint density at radius 2 is 2.24 bits per heavy atom. The second-order valence-corrected chi connectivity index (χ2v) is 4.45. The third-order valence-electron chi connectivity index (χ3n) is 2.94. The van der Waals surface area contributed by atoms with Crippen LogP contribution in [-0.2, 0) is 11.3 Å². The molecular weight excluding hydrogens is 216 g/mol. The number of aryl methyl sites for hydroxylation is 2. The van der Waals surface area contributed by atoms with Gasteiger partial charge in [0.05, 0.1) is 5.69 Å². The Balaban J connectivity index is 2.66. The molecule has 0 saturated carbocycles. The molecule has 1 unspecified atom stereocenters. The lowest BCUT2D eigenvalue weighted by molar-refractivity contribution is -0.128. The van der Waals surface area contributed by atoms with Crippen LogP contribution < -0.4 is 5.32 Å². The number of hydrogen-bond donors (Lipinski definition) is 1. The van der Waals surface area contributed by atoms with Gasteiger partial charge >= 0.3 is 0 Å². The minimum absolute atomic E-state index is 0.140. The van der Waals surface area contributed by atoms with Crippen molar-refractivity contribution in [3.8, 4) is 0 Å². The lowest BCUT2D eigenvalue weighted by atomic mass is 10.3. The van der Waals surface area contributed by atoms with E-state index < -0.39 is 0 Å². The SMILES string of the molecule is CNC(C)c1cn(CCC(=O)N(C)C)c(C)n1. The van der Waals surface area contributed by atoms with E-state index in [9.17, 15) is 4.79 Å². The quantitative estimate of drug-likeness (QED) is 0.831. The van der Waals surface area contributed by atoms with E-state index in [0.29, 0.717) is 13.0 Å². The summed E-state index contributed by atoms with van der Waals surface area (Å²) < 4.78 is 2.03. The summed E-state index contributed by atoms with van der Waals surface area (Å²) in [5.41, 5.74) is 1.02. The number of hydrogen-bond acceptors (Lipinski definition) is 3. The largest absolute Gasteiger partial charge is 0.349 e. The van der Waals surface area contributed by atoms with Gasteiger partial charge in [-0.1, -0.05) is 0 Å². The zero-order valence-corrected chi connectivity index (χ0v) is 11.3. The minimum atomic E-state index is 0.140. The Labute approximate surface area is 103 Å². The molecule has 0 aliphatic heterocycles. The van der Waals surface area contributed by atoms with Crippen LogP contribution in [0.3, 0.4) is 0 Å². The van der Waals surface area contributed by atoms with Gasteiger partial charge in [0.25, 0.3) is 0 Å². The van der Waals surface area contributed by atoms with Crippen LogP contribution in [0.15, 0.2) is 6.20 Å². The molecule has 1 heterocycles. The highest BCUT2D eigenvalue weighted by Crippen LogP contribution is 2.11. The highest BCUT2D eigenvalue weighted by Gasteiger charge is 2.11. The summed E-state index contributed by atoms with van der Waals surface area (Å²) in [4.78, 5) is 17.6. The predicted molar refractivity (Wildman–Crippen MR) is 67.7 cm³/mol. The van der Waals surface area contributed by atoms with Gasteiger partial charge in [0.15, 0.2) is 0 Å². The Bertz CT molecular complexity index is 384. The summed E-state index contributed by atoms with van der Waals surface area (Å²) in [5, 5.41) is 3.15. The number of aromatic nitrogens is 2. The Morgan fingerprint density at radius 3 is 2.76 bits per heavy atom. The highest BCUT2D eigenvalue weighted by molar-refractivity contribution is 5.75. The third kappa shape index (κ3) is 3.56. The fourth-order valence-electron chi connectivity index (χ4n) is 1.56. The van der Waals surface area contributed by atoms with Crippen LogP contribution >= 0.6 is 0 Å². The van der Waals surface area contributed by atoms with E-state index in [-0.39, 0.29) is 11.9 Å². The van der Waals surface area contributed by atoms with Gasteiger partial charge in [0.2, 0.25) is 5.91 Å². The molecule has 0 saturated heterocycles. The molecule has 0 bridgehead atoms. The molecule has 0 aliphatic carbocycles. The van der Waals surface area contributed by atoms with Gasteiger partial charge in [-0.3, -0.25) is 4.79 Å². The molecule has 0 radical (unpaired) electrons. The highest BCUT2D eigenvalue weighted by atomic mass is 16.2. The number of carbonyl (C=O) groups is 1. The molecule has 1 amide bonds. The summed E-state index contributed by atoms with van der Waals surface area (Å²) in [6.07, 6.45) is 2.52. The molecule has 0 aromatic carbocycles. The van der Waals surface area contributed by atoms with Crippen molar-refractivity contribution in [3.63, 3.8) is 0 Å². The van der Waals surface area contributed by atoms with E-state index >= 15 is 0 Å². The van der Waals surface area contributed by atoms with Gasteiger partial charge in [-0.05, 0) is 20.9 Å². The standard InChI is InChI=1S/C12H22N4O/c1-9(13-3)11-8-16(10(2)14-11)7-6-12(17)15(4)5/h8-9,13H,6-7H2,1-5H3. The van der Waals surface area contributed by atoms with Gasteiger partial charge in [0.1, 0.15) is 5.82 Å². The van der Waals surface area contributed by atoms with Gasteiger partial charge < -0.3 is 14.8 Å². The molecular formula is C12H22N4O. The lowest BCUT2D eigenvalue weighted by Crippen LogP contribution is -2.22. The maximum absolute atomic E-state index is 11.5. The van der Waals surface area contributed by atoms with Crippen molar-refractivity contribution in [2.24, 2.45) is 0 Å². The first-order valence-electron chi connectivity index (χ1n) is 5.86. The average molecular weight is 238 g/mol. The van der Waals surface area contributed by atoms with E-state index in [1.54, 1.807) is 19.0 Å². The van der Waals surface area contributed by atoms with Crippen molar-refractivity contribution in [1.29, 1.82) is 0 Å². The average Bonchev–Trinajstić information content (AvgIpc) is 2.66. The normalized spacial score (nSPS) is 12.5. The van der Waals surface area contributed by atoms with Crippen LogP contribution in [0, 0.1) is 6.92 Å². The van der Waals surface area contributed by atoms with Gasteiger partial charge in [-0.15, -0.1) is 0 Å². The topological polar surface area (TPSA) is 50.2 Å². The number of nitrogens with one attached hydrogen (secondary N) is 1. The van der Waals surface area contributed by atoms with Crippen LogP contribution in [0.1, 0.15) is 30.9 Å². The maximum Gasteiger partial charge on any atom is 0.223 e. The molecule has 96 valence electrons. The van der Waals surface area contributed by atoms with Crippen LogP contribution in [0.2, 0.25) is 0 Å². The van der Waals surface area contributed by atoms with Gasteiger partial charge in [-0.2, -0.15) is 0 Å². The number of imidazole rings is 1. The Hall–Kier alpha value is -1.36. The molecule has 0 fully saturated rings. The van der Waals surface area contributed by atoms with Gasteiger partial charge in [0, 0.05) is 39.3 Å².